The molecule has 0 amide bonds. The van der Waals surface area contributed by atoms with Crippen molar-refractivity contribution >= 4 is 11.8 Å². The van der Waals surface area contributed by atoms with Gasteiger partial charge in [0.2, 0.25) is 5.16 Å². The van der Waals surface area contributed by atoms with Crippen molar-refractivity contribution in [3.63, 3.8) is 0 Å². The first-order valence-electron chi connectivity index (χ1n) is 9.55. The molecule has 0 aliphatic heterocycles. The lowest BCUT2D eigenvalue weighted by Crippen LogP contribution is -2.00. The summed E-state index contributed by atoms with van der Waals surface area (Å²) in [5.74, 6) is 2.47. The number of hydrogen-bond donors (Lipinski definition) is 1. The second-order valence-corrected chi connectivity index (χ2v) is 8.09. The molecule has 1 fully saturated rings. The van der Waals surface area contributed by atoms with Crippen LogP contribution in [0.1, 0.15) is 49.2 Å². The van der Waals surface area contributed by atoms with Gasteiger partial charge in [-0.05, 0) is 50.1 Å². The predicted octanol–water partition coefficient (Wildman–Crippen LogP) is 4.55. The molecule has 3 aromatic rings. The van der Waals surface area contributed by atoms with E-state index in [9.17, 15) is 0 Å². The first-order valence-corrected chi connectivity index (χ1v) is 10.4. The minimum absolute atomic E-state index is 0.637. The van der Waals surface area contributed by atoms with Crippen LogP contribution in [0.4, 0.5) is 0 Å². The van der Waals surface area contributed by atoms with Crippen molar-refractivity contribution in [3.8, 4) is 11.5 Å². The Hall–Kier alpha value is -2.28. The highest BCUT2D eigenvalue weighted by atomic mass is 32.2. The van der Waals surface area contributed by atoms with Gasteiger partial charge in [0.15, 0.2) is 5.82 Å². The molecular weight excluding hydrogens is 356 g/mol. The van der Waals surface area contributed by atoms with Gasteiger partial charge in [-0.15, -0.1) is 5.10 Å². The molecule has 7 heteroatoms. The molecular formula is C20H24N6S. The Morgan fingerprint density at radius 2 is 1.96 bits per heavy atom. The molecule has 0 saturated heterocycles. The molecule has 1 saturated carbocycles. The van der Waals surface area contributed by atoms with Crippen molar-refractivity contribution in [2.75, 3.05) is 0 Å². The van der Waals surface area contributed by atoms with Crippen LogP contribution in [-0.2, 0) is 6.42 Å². The van der Waals surface area contributed by atoms with Gasteiger partial charge in [-0.2, -0.15) is 0 Å². The molecule has 140 valence electrons. The van der Waals surface area contributed by atoms with Gasteiger partial charge in [-0.25, -0.2) is 15.0 Å². The molecule has 0 aromatic carbocycles. The van der Waals surface area contributed by atoms with Crippen LogP contribution in [0.2, 0.25) is 0 Å². The van der Waals surface area contributed by atoms with Gasteiger partial charge in [-0.1, -0.05) is 31.7 Å². The van der Waals surface area contributed by atoms with Gasteiger partial charge in [0, 0.05) is 23.9 Å². The van der Waals surface area contributed by atoms with Crippen LogP contribution < -0.4 is 0 Å². The lowest BCUT2D eigenvalue weighted by Gasteiger charge is -2.08. The van der Waals surface area contributed by atoms with Gasteiger partial charge < -0.3 is 0 Å². The quantitative estimate of drug-likeness (QED) is 0.632. The van der Waals surface area contributed by atoms with E-state index in [1.807, 2.05) is 32.0 Å². The van der Waals surface area contributed by atoms with Crippen molar-refractivity contribution < 1.29 is 0 Å². The zero-order valence-electron chi connectivity index (χ0n) is 15.8. The number of H-pyrrole nitrogens is 1. The van der Waals surface area contributed by atoms with E-state index in [-0.39, 0.29) is 0 Å². The molecule has 0 bridgehead atoms. The van der Waals surface area contributed by atoms with Gasteiger partial charge >= 0.3 is 0 Å². The number of hydrogen-bond acceptors (Lipinski definition) is 6. The summed E-state index contributed by atoms with van der Waals surface area (Å²) in [4.78, 5) is 18.3. The van der Waals surface area contributed by atoms with E-state index in [4.69, 9.17) is 4.98 Å². The average Bonchev–Trinajstić information content (AvgIpc) is 3.36. The third kappa shape index (κ3) is 4.35. The standard InChI is InChI=1S/C20H24N6S/c1-13-14(2)22-18(16-9-5-6-12-21-16)24-19(13)27-20-23-17(25-26-20)11-10-15-7-3-4-8-15/h5-6,9,12,15H,3-4,7-8,10-11H2,1-2H3,(H,23,25,26). The molecule has 1 aliphatic rings. The maximum atomic E-state index is 4.71. The van der Waals surface area contributed by atoms with Crippen LogP contribution >= 0.6 is 11.8 Å². The fourth-order valence-electron chi connectivity index (χ4n) is 3.47. The van der Waals surface area contributed by atoms with Crippen LogP contribution in [0.15, 0.2) is 34.6 Å². The Kier molecular flexibility index (Phi) is 5.48. The predicted molar refractivity (Wildman–Crippen MR) is 106 cm³/mol. The summed E-state index contributed by atoms with van der Waals surface area (Å²) in [5, 5.41) is 9.07. The van der Waals surface area contributed by atoms with Gasteiger partial charge in [-0.3, -0.25) is 10.1 Å². The first kappa shape index (κ1) is 18.1. The number of nitrogens with zero attached hydrogens (tertiary/aromatic N) is 5. The Bertz CT molecular complexity index is 902. The molecule has 3 aromatic heterocycles. The second kappa shape index (κ2) is 8.17. The van der Waals surface area contributed by atoms with E-state index in [1.54, 1.807) is 6.20 Å². The van der Waals surface area contributed by atoms with Crippen LogP contribution in [-0.4, -0.2) is 30.1 Å². The Labute approximate surface area is 163 Å². The topological polar surface area (TPSA) is 80.2 Å². The summed E-state index contributed by atoms with van der Waals surface area (Å²) in [6.07, 6.45) is 9.43. The van der Waals surface area contributed by atoms with Crippen molar-refractivity contribution in [2.24, 2.45) is 5.92 Å². The van der Waals surface area contributed by atoms with Gasteiger partial charge in [0.05, 0.1) is 0 Å². The highest BCUT2D eigenvalue weighted by Crippen LogP contribution is 2.30. The fourth-order valence-corrected chi connectivity index (χ4v) is 4.33. The maximum absolute atomic E-state index is 4.71. The number of aromatic nitrogens is 6. The highest BCUT2D eigenvalue weighted by Gasteiger charge is 2.17. The molecule has 0 unspecified atom stereocenters. The molecule has 3 heterocycles. The monoisotopic (exact) mass is 380 g/mol. The first-order chi connectivity index (χ1) is 13.2. The van der Waals surface area contributed by atoms with E-state index < -0.39 is 0 Å². The van der Waals surface area contributed by atoms with Crippen LogP contribution in [0.25, 0.3) is 11.5 Å². The minimum atomic E-state index is 0.637. The van der Waals surface area contributed by atoms with Gasteiger partial charge in [0.1, 0.15) is 16.5 Å². The van der Waals surface area contributed by atoms with E-state index >= 15 is 0 Å². The molecule has 0 atom stereocenters. The van der Waals surface area contributed by atoms with Crippen LogP contribution in [0.3, 0.4) is 0 Å². The van der Waals surface area contributed by atoms with Crippen molar-refractivity contribution in [2.45, 2.75) is 62.6 Å². The van der Waals surface area contributed by atoms with Crippen LogP contribution in [0.5, 0.6) is 0 Å². The summed E-state index contributed by atoms with van der Waals surface area (Å²) >= 11 is 1.48. The molecule has 6 nitrogen and oxygen atoms in total. The number of aromatic amines is 1. The molecule has 0 spiro atoms. The summed E-state index contributed by atoms with van der Waals surface area (Å²) in [7, 11) is 0. The van der Waals surface area contributed by atoms with Crippen molar-refractivity contribution in [1.82, 2.24) is 30.1 Å². The summed E-state index contributed by atoms with van der Waals surface area (Å²) < 4.78 is 0. The summed E-state index contributed by atoms with van der Waals surface area (Å²) in [6.45, 7) is 4.03. The van der Waals surface area contributed by atoms with Gasteiger partial charge in [0.25, 0.3) is 0 Å². The smallest absolute Gasteiger partial charge is 0.214 e. The lowest BCUT2D eigenvalue weighted by atomic mass is 10.0. The average molecular weight is 381 g/mol. The zero-order chi connectivity index (χ0) is 18.6. The molecule has 27 heavy (non-hydrogen) atoms. The summed E-state index contributed by atoms with van der Waals surface area (Å²) in [6, 6.07) is 5.76. The minimum Gasteiger partial charge on any atom is -0.262 e. The zero-order valence-corrected chi connectivity index (χ0v) is 16.6. The number of pyridine rings is 1. The maximum Gasteiger partial charge on any atom is 0.214 e. The Balaban J connectivity index is 1.49. The van der Waals surface area contributed by atoms with Crippen molar-refractivity contribution in [3.05, 3.63) is 41.5 Å². The van der Waals surface area contributed by atoms with E-state index in [1.165, 1.54) is 43.9 Å². The molecule has 1 aliphatic carbocycles. The van der Waals surface area contributed by atoms with Crippen molar-refractivity contribution in [1.29, 1.82) is 0 Å². The number of rotatable bonds is 6. The Morgan fingerprint density at radius 1 is 1.11 bits per heavy atom. The second-order valence-electron chi connectivity index (χ2n) is 7.13. The largest absolute Gasteiger partial charge is 0.262 e. The third-order valence-electron chi connectivity index (χ3n) is 5.20. The van der Waals surface area contributed by atoms with Crippen LogP contribution in [0, 0.1) is 19.8 Å². The molecule has 4 rings (SSSR count). The lowest BCUT2D eigenvalue weighted by molar-refractivity contribution is 0.497. The number of nitrogens with one attached hydrogen (secondary N) is 1. The fraction of sp³-hybridized carbons (Fsp3) is 0.450. The van der Waals surface area contributed by atoms with E-state index in [2.05, 4.69) is 25.1 Å². The molecule has 1 N–H and O–H groups in total. The third-order valence-corrected chi connectivity index (χ3v) is 6.16. The molecule has 0 radical (unpaired) electrons. The van der Waals surface area contributed by atoms with E-state index in [0.717, 1.165) is 40.1 Å². The van der Waals surface area contributed by atoms with E-state index in [0.29, 0.717) is 11.0 Å². The highest BCUT2D eigenvalue weighted by molar-refractivity contribution is 7.99. The number of aryl methyl sites for hydroxylation is 2. The Morgan fingerprint density at radius 3 is 2.74 bits per heavy atom. The SMILES string of the molecule is Cc1nc(-c2ccccn2)nc(Sc2n[nH]c(CCC3CCCC3)n2)c1C. The normalized spacial score (nSPS) is 14.7. The summed E-state index contributed by atoms with van der Waals surface area (Å²) in [5.41, 5.74) is 2.77.